The molecule has 0 aliphatic carbocycles. The van der Waals surface area contributed by atoms with Crippen LogP contribution in [0.1, 0.15) is 18.6 Å². The Labute approximate surface area is 103 Å². The third kappa shape index (κ3) is 6.36. The van der Waals surface area contributed by atoms with Gasteiger partial charge in [-0.15, -0.1) is 0 Å². The first-order valence-corrected chi connectivity index (χ1v) is 5.06. The van der Waals surface area contributed by atoms with Crippen molar-refractivity contribution < 1.29 is 9.50 Å². The zero-order valence-electron chi connectivity index (χ0n) is 9.44. The molecule has 1 nitrogen and oxygen atoms in total. The second kappa shape index (κ2) is 7.44. The summed E-state index contributed by atoms with van der Waals surface area (Å²) in [5, 5.41) is 8.81. The van der Waals surface area contributed by atoms with E-state index in [1.807, 2.05) is 32.0 Å². The lowest BCUT2D eigenvalue weighted by atomic mass is 10.2. The highest BCUT2D eigenvalue weighted by Crippen LogP contribution is 2.08. The van der Waals surface area contributed by atoms with Crippen LogP contribution in [0.4, 0.5) is 4.39 Å². The zero-order chi connectivity index (χ0) is 12.0. The van der Waals surface area contributed by atoms with E-state index < -0.39 is 0 Å². The molecule has 0 saturated heterocycles. The Bertz CT molecular complexity index is 374. The fraction of sp³-hybridized carbons (Fsp3) is 0.200. The van der Waals surface area contributed by atoms with Crippen LogP contribution in [0.25, 0.3) is 0 Å². The summed E-state index contributed by atoms with van der Waals surface area (Å²) < 4.78 is 12.2. The first-order valence-electron chi connectivity index (χ1n) is 5.06. The largest absolute Gasteiger partial charge is 0.508 e. The third-order valence-corrected chi connectivity index (χ3v) is 1.98. The highest BCUT2D eigenvalue weighted by atomic mass is 19.1. The van der Waals surface area contributed by atoms with Crippen LogP contribution in [0.5, 0.6) is 5.75 Å². The van der Waals surface area contributed by atoms with Crippen molar-refractivity contribution in [3.63, 3.8) is 0 Å². The van der Waals surface area contributed by atoms with Crippen molar-refractivity contribution >= 4 is 0 Å². The third-order valence-electron chi connectivity index (χ3n) is 1.98. The molecule has 17 heavy (non-hydrogen) atoms. The molecule has 0 atom stereocenters. The van der Waals surface area contributed by atoms with Gasteiger partial charge in [-0.2, -0.15) is 0 Å². The molecule has 0 fully saturated rings. The maximum atomic E-state index is 12.2. The number of hydrogen-bond donors (Lipinski definition) is 1. The Balaban J connectivity index is 0.000000284. The second-order valence-electron chi connectivity index (χ2n) is 3.64. The number of hydrogen-bond acceptors (Lipinski definition) is 1. The summed E-state index contributed by atoms with van der Waals surface area (Å²) in [7, 11) is 0. The molecule has 2 aromatic rings. The van der Waals surface area contributed by atoms with Crippen LogP contribution in [0.15, 0.2) is 48.5 Å². The summed E-state index contributed by atoms with van der Waals surface area (Å²) in [6, 6.07) is 13.7. The van der Waals surface area contributed by atoms with E-state index >= 15 is 0 Å². The van der Waals surface area contributed by atoms with Gasteiger partial charge in [0.25, 0.3) is 0 Å². The number of rotatable bonds is 0. The van der Waals surface area contributed by atoms with Gasteiger partial charge in [0.15, 0.2) is 0 Å². The van der Waals surface area contributed by atoms with Crippen molar-refractivity contribution in [2.75, 3.05) is 0 Å². The van der Waals surface area contributed by atoms with Gasteiger partial charge in [-0.1, -0.05) is 31.7 Å². The molecule has 2 rings (SSSR count). The first-order chi connectivity index (χ1) is 7.58. The van der Waals surface area contributed by atoms with Gasteiger partial charge in [0.2, 0.25) is 0 Å². The summed E-state index contributed by atoms with van der Waals surface area (Å²) >= 11 is 0. The van der Waals surface area contributed by atoms with E-state index in [1.165, 1.54) is 12.1 Å². The number of benzene rings is 2. The molecule has 0 aromatic heterocycles. The molecule has 92 valence electrons. The maximum Gasteiger partial charge on any atom is 0.123 e. The maximum absolute atomic E-state index is 12.2. The van der Waals surface area contributed by atoms with Gasteiger partial charge in [-0.05, 0) is 49.2 Å². The van der Waals surface area contributed by atoms with Gasteiger partial charge >= 0.3 is 0 Å². The molecule has 2 heteroatoms. The van der Waals surface area contributed by atoms with Crippen molar-refractivity contribution in [1.82, 2.24) is 0 Å². The Kier molecular flexibility index (Phi) is 6.64. The van der Waals surface area contributed by atoms with E-state index in [4.69, 9.17) is 5.11 Å². The molecular formula is C15H19FO. The van der Waals surface area contributed by atoms with Gasteiger partial charge < -0.3 is 5.11 Å². The summed E-state index contributed by atoms with van der Waals surface area (Å²) in [5.74, 6) is 0.176. The van der Waals surface area contributed by atoms with Crippen molar-refractivity contribution in [2.24, 2.45) is 0 Å². The van der Waals surface area contributed by atoms with Crippen molar-refractivity contribution in [3.05, 3.63) is 65.5 Å². The smallest absolute Gasteiger partial charge is 0.123 e. The SMILES string of the molecule is C.Cc1cccc(F)c1.Cc1cccc(O)c1. The summed E-state index contributed by atoms with van der Waals surface area (Å²) in [6.45, 7) is 3.81. The van der Waals surface area contributed by atoms with Crippen LogP contribution in [0.2, 0.25) is 0 Å². The number of halogens is 1. The van der Waals surface area contributed by atoms with Crippen LogP contribution in [-0.4, -0.2) is 5.11 Å². The molecular weight excluding hydrogens is 215 g/mol. The Morgan fingerprint density at radius 2 is 1.41 bits per heavy atom. The number of aromatic hydroxyl groups is 1. The Morgan fingerprint density at radius 1 is 0.882 bits per heavy atom. The van der Waals surface area contributed by atoms with Crippen LogP contribution >= 0.6 is 0 Å². The minimum atomic E-state index is -0.162. The predicted octanol–water partition coefficient (Wildman–Crippen LogP) is 4.47. The van der Waals surface area contributed by atoms with E-state index in [0.717, 1.165) is 11.1 Å². The first kappa shape index (κ1) is 15.2. The van der Waals surface area contributed by atoms with E-state index in [1.54, 1.807) is 18.2 Å². The monoisotopic (exact) mass is 234 g/mol. The molecule has 0 amide bonds. The average molecular weight is 234 g/mol. The van der Waals surface area contributed by atoms with E-state index in [9.17, 15) is 4.39 Å². The van der Waals surface area contributed by atoms with Crippen LogP contribution < -0.4 is 0 Å². The standard InChI is InChI=1S/C7H7F.C7H8O.CH4/c2*1-6-3-2-4-7(8)5-6;/h2-5H,1H3;2-5,8H,1H3;1H4. The number of aryl methyl sites for hydroxylation is 2. The second-order valence-corrected chi connectivity index (χ2v) is 3.64. The predicted molar refractivity (Wildman–Crippen MR) is 70.7 cm³/mol. The van der Waals surface area contributed by atoms with Crippen molar-refractivity contribution in [3.8, 4) is 5.75 Å². The van der Waals surface area contributed by atoms with Gasteiger partial charge in [0.1, 0.15) is 11.6 Å². The van der Waals surface area contributed by atoms with E-state index in [2.05, 4.69) is 0 Å². The zero-order valence-corrected chi connectivity index (χ0v) is 9.44. The Hall–Kier alpha value is -1.83. The summed E-state index contributed by atoms with van der Waals surface area (Å²) in [6.07, 6.45) is 0. The summed E-state index contributed by atoms with van der Waals surface area (Å²) in [5.41, 5.74) is 2.05. The molecule has 0 heterocycles. The number of phenolic OH excluding ortho intramolecular Hbond substituents is 1. The fourth-order valence-electron chi connectivity index (χ4n) is 1.23. The van der Waals surface area contributed by atoms with Gasteiger partial charge in [0.05, 0.1) is 0 Å². The van der Waals surface area contributed by atoms with Gasteiger partial charge in [-0.3, -0.25) is 0 Å². The van der Waals surface area contributed by atoms with Gasteiger partial charge in [0, 0.05) is 0 Å². The van der Waals surface area contributed by atoms with Crippen LogP contribution in [-0.2, 0) is 0 Å². The molecule has 0 unspecified atom stereocenters. The quantitative estimate of drug-likeness (QED) is 0.713. The lowest BCUT2D eigenvalue weighted by Crippen LogP contribution is -1.72. The molecule has 0 saturated carbocycles. The fourth-order valence-corrected chi connectivity index (χ4v) is 1.23. The van der Waals surface area contributed by atoms with E-state index in [0.29, 0.717) is 5.75 Å². The number of phenols is 1. The molecule has 0 aliphatic rings. The molecule has 0 bridgehead atoms. The van der Waals surface area contributed by atoms with E-state index in [-0.39, 0.29) is 13.2 Å². The molecule has 0 radical (unpaired) electrons. The van der Waals surface area contributed by atoms with Crippen molar-refractivity contribution in [1.29, 1.82) is 0 Å². The summed E-state index contributed by atoms with van der Waals surface area (Å²) in [4.78, 5) is 0. The molecule has 0 spiro atoms. The highest BCUT2D eigenvalue weighted by molar-refractivity contribution is 5.25. The lowest BCUT2D eigenvalue weighted by molar-refractivity contribution is 0.475. The minimum Gasteiger partial charge on any atom is -0.508 e. The molecule has 1 N–H and O–H groups in total. The Morgan fingerprint density at radius 3 is 1.71 bits per heavy atom. The normalized spacial score (nSPS) is 8.65. The minimum absolute atomic E-state index is 0. The van der Waals surface area contributed by atoms with Crippen LogP contribution in [0, 0.1) is 19.7 Å². The lowest BCUT2D eigenvalue weighted by Gasteiger charge is -1.89. The average Bonchev–Trinajstić information content (AvgIpc) is 2.17. The topological polar surface area (TPSA) is 20.2 Å². The molecule has 0 aliphatic heterocycles. The van der Waals surface area contributed by atoms with Crippen LogP contribution in [0.3, 0.4) is 0 Å². The highest BCUT2D eigenvalue weighted by Gasteiger charge is 1.84. The molecule has 2 aromatic carbocycles. The van der Waals surface area contributed by atoms with Crippen molar-refractivity contribution in [2.45, 2.75) is 21.3 Å². The van der Waals surface area contributed by atoms with Gasteiger partial charge in [-0.25, -0.2) is 4.39 Å².